The Morgan fingerprint density at radius 1 is 0.694 bits per heavy atom. The van der Waals surface area contributed by atoms with E-state index in [1.165, 1.54) is 116 Å². The topological polar surface area (TPSA) is 108 Å². The molecule has 0 rings (SSSR count). The van der Waals surface area contributed by atoms with Gasteiger partial charge in [-0.3, -0.25) is 9.36 Å². The third kappa shape index (κ3) is 35.2. The van der Waals surface area contributed by atoms with Crippen LogP contribution in [0.1, 0.15) is 174 Å². The van der Waals surface area contributed by atoms with Crippen LogP contribution in [-0.2, 0) is 18.4 Å². The zero-order valence-corrected chi connectivity index (χ0v) is 33.5. The molecule has 0 heterocycles. The third-order valence-electron chi connectivity index (χ3n) is 8.91. The zero-order valence-electron chi connectivity index (χ0n) is 32.6. The van der Waals surface area contributed by atoms with Crippen molar-refractivity contribution in [2.75, 3.05) is 40.9 Å². The molecule has 0 aromatic rings. The number of carbonyl (C=O) groups excluding carboxylic acids is 1. The molecule has 3 unspecified atom stereocenters. The van der Waals surface area contributed by atoms with E-state index < -0.39 is 20.0 Å². The summed E-state index contributed by atoms with van der Waals surface area (Å²) in [7, 11) is 1.25. The lowest BCUT2D eigenvalue weighted by Crippen LogP contribution is -2.45. The normalized spacial score (nSPS) is 14.8. The van der Waals surface area contributed by atoms with Crippen LogP contribution >= 0.6 is 7.82 Å². The van der Waals surface area contributed by atoms with Gasteiger partial charge in [-0.2, -0.15) is 0 Å². The van der Waals surface area contributed by atoms with E-state index in [0.717, 1.165) is 38.5 Å². The minimum atomic E-state index is -4.56. The molecule has 49 heavy (non-hydrogen) atoms. The van der Waals surface area contributed by atoms with Crippen LogP contribution in [0, 0.1) is 0 Å². The lowest BCUT2D eigenvalue weighted by Gasteiger charge is -2.29. The monoisotopic (exact) mass is 715 g/mol. The van der Waals surface area contributed by atoms with E-state index in [1.54, 1.807) is 6.08 Å². The van der Waals surface area contributed by atoms with Crippen molar-refractivity contribution in [3.05, 3.63) is 24.3 Å². The quantitative estimate of drug-likeness (QED) is 0.0290. The molecule has 8 nitrogen and oxygen atoms in total. The highest BCUT2D eigenvalue weighted by Gasteiger charge is 2.23. The number of nitrogens with one attached hydrogen (secondary N) is 1. The average Bonchev–Trinajstić information content (AvgIpc) is 3.04. The fourth-order valence-electron chi connectivity index (χ4n) is 5.60. The van der Waals surface area contributed by atoms with Gasteiger partial charge >= 0.3 is 0 Å². The van der Waals surface area contributed by atoms with Crippen molar-refractivity contribution in [2.24, 2.45) is 0 Å². The minimum absolute atomic E-state index is 0.00167. The molecule has 1 amide bonds. The van der Waals surface area contributed by atoms with Crippen LogP contribution in [0.15, 0.2) is 24.3 Å². The molecule has 0 aromatic carbocycles. The van der Waals surface area contributed by atoms with Crippen LogP contribution in [0.5, 0.6) is 0 Å². The molecule has 0 aliphatic carbocycles. The van der Waals surface area contributed by atoms with E-state index in [4.69, 9.17) is 9.05 Å². The molecule has 0 saturated heterocycles. The molecule has 3 atom stereocenters. The first-order valence-electron chi connectivity index (χ1n) is 20.2. The fourth-order valence-corrected chi connectivity index (χ4v) is 6.33. The van der Waals surface area contributed by atoms with Crippen molar-refractivity contribution in [1.29, 1.82) is 0 Å². The lowest BCUT2D eigenvalue weighted by atomic mass is 10.0. The summed E-state index contributed by atoms with van der Waals surface area (Å²) in [6.07, 6.45) is 37.2. The first-order valence-corrected chi connectivity index (χ1v) is 21.7. The van der Waals surface area contributed by atoms with Gasteiger partial charge in [-0.05, 0) is 38.5 Å². The summed E-state index contributed by atoms with van der Waals surface area (Å²) < 4.78 is 22.9. The number of hydrogen-bond acceptors (Lipinski definition) is 6. The molecule has 0 saturated carbocycles. The van der Waals surface area contributed by atoms with Crippen LogP contribution in [0.2, 0.25) is 0 Å². The Morgan fingerprint density at radius 2 is 1.14 bits per heavy atom. The van der Waals surface area contributed by atoms with Gasteiger partial charge < -0.3 is 28.8 Å². The number of allylic oxidation sites excluding steroid dienone is 3. The maximum atomic E-state index is 12.7. The molecule has 0 spiro atoms. The summed E-state index contributed by atoms with van der Waals surface area (Å²) in [6, 6.07) is -0.879. The van der Waals surface area contributed by atoms with E-state index in [0.29, 0.717) is 17.4 Å². The van der Waals surface area contributed by atoms with Gasteiger partial charge in [-0.15, -0.1) is 0 Å². The number of phosphoric acid groups is 1. The summed E-state index contributed by atoms with van der Waals surface area (Å²) in [5, 5.41) is 13.5. The molecule has 0 bridgehead atoms. The summed E-state index contributed by atoms with van der Waals surface area (Å²) in [5.74, 6) is -0.208. The number of unbranched alkanes of at least 4 members (excludes halogenated alkanes) is 21. The van der Waals surface area contributed by atoms with Crippen LogP contribution in [-0.4, -0.2) is 68.5 Å². The number of nitrogens with zero attached hydrogens (tertiary/aromatic N) is 1. The predicted octanol–water partition coefficient (Wildman–Crippen LogP) is 9.94. The Morgan fingerprint density at radius 3 is 1.63 bits per heavy atom. The Kier molecular flexibility index (Phi) is 32.2. The maximum absolute atomic E-state index is 12.7. The molecule has 2 N–H and O–H groups in total. The number of phosphoric ester groups is 1. The molecule has 0 fully saturated rings. The highest BCUT2D eigenvalue weighted by atomic mass is 31.2. The number of rotatable bonds is 36. The Labute approximate surface area is 303 Å². The van der Waals surface area contributed by atoms with E-state index in [1.807, 2.05) is 27.2 Å². The second-order valence-electron chi connectivity index (χ2n) is 15.0. The average molecular weight is 715 g/mol. The van der Waals surface area contributed by atoms with Gasteiger partial charge in [-0.1, -0.05) is 154 Å². The highest BCUT2D eigenvalue weighted by molar-refractivity contribution is 7.45. The van der Waals surface area contributed by atoms with E-state index in [-0.39, 0.29) is 19.1 Å². The zero-order chi connectivity index (χ0) is 36.5. The Hall–Kier alpha value is -1.02. The van der Waals surface area contributed by atoms with E-state index in [9.17, 15) is 19.4 Å². The standard InChI is InChI=1S/C40H79N2O6P/c1-6-8-10-12-13-14-15-16-17-18-19-20-21-22-23-24-25-26-27-28-29-30-32-34-40(44)41-38(39(43)33-31-11-9-7-2)37-48-49(45,46)47-36-35-42(3,4)5/h18-19,31,33,38-39,43H,6-17,20-30,32,34-37H2,1-5H3,(H-,41,44,45,46)/b19-18-,33-31+. The number of quaternary nitrogens is 1. The summed E-state index contributed by atoms with van der Waals surface area (Å²) >= 11 is 0. The molecule has 9 heteroatoms. The van der Waals surface area contributed by atoms with Crippen LogP contribution in [0.25, 0.3) is 0 Å². The molecule has 290 valence electrons. The van der Waals surface area contributed by atoms with Crippen molar-refractivity contribution in [2.45, 2.75) is 187 Å². The maximum Gasteiger partial charge on any atom is 0.268 e. The molecular weight excluding hydrogens is 635 g/mol. The second kappa shape index (κ2) is 32.9. The van der Waals surface area contributed by atoms with Crippen LogP contribution in [0.4, 0.5) is 0 Å². The van der Waals surface area contributed by atoms with Crippen molar-refractivity contribution < 1.29 is 32.9 Å². The van der Waals surface area contributed by atoms with Gasteiger partial charge in [0.1, 0.15) is 13.2 Å². The number of amides is 1. The fraction of sp³-hybridized carbons (Fsp3) is 0.875. The van der Waals surface area contributed by atoms with Crippen molar-refractivity contribution in [3.8, 4) is 0 Å². The molecule has 0 aromatic heterocycles. The first kappa shape index (κ1) is 48.0. The van der Waals surface area contributed by atoms with Crippen molar-refractivity contribution in [1.82, 2.24) is 5.32 Å². The second-order valence-corrected chi connectivity index (χ2v) is 16.4. The molecular formula is C40H79N2O6P. The SMILES string of the molecule is CCCC/C=C/C(O)C(COP(=O)([O-])OCC[N+](C)(C)C)NC(=O)CCCCCCCCCCCCC/C=C\CCCCCCCCCC. The summed E-state index contributed by atoms with van der Waals surface area (Å²) in [6.45, 7) is 4.48. The molecule has 0 radical (unpaired) electrons. The Bertz CT molecular complexity index is 860. The smallest absolute Gasteiger partial charge is 0.268 e. The lowest BCUT2D eigenvalue weighted by molar-refractivity contribution is -0.870. The summed E-state index contributed by atoms with van der Waals surface area (Å²) in [5.41, 5.74) is 0. The number of carbonyl (C=O) groups is 1. The predicted molar refractivity (Wildman–Crippen MR) is 205 cm³/mol. The largest absolute Gasteiger partial charge is 0.756 e. The summed E-state index contributed by atoms with van der Waals surface area (Å²) in [4.78, 5) is 24.9. The van der Waals surface area contributed by atoms with E-state index >= 15 is 0 Å². The number of likely N-dealkylation sites (N-methyl/N-ethyl adjacent to an activating group) is 1. The van der Waals surface area contributed by atoms with Gasteiger partial charge in [0.2, 0.25) is 5.91 Å². The number of aliphatic hydroxyl groups excluding tert-OH is 1. The molecule has 0 aliphatic heterocycles. The van der Waals surface area contributed by atoms with Crippen LogP contribution in [0.3, 0.4) is 0 Å². The Balaban J connectivity index is 4.00. The minimum Gasteiger partial charge on any atom is -0.756 e. The van der Waals surface area contributed by atoms with Gasteiger partial charge in [0.25, 0.3) is 7.82 Å². The number of aliphatic hydroxyl groups is 1. The van der Waals surface area contributed by atoms with Crippen LogP contribution < -0.4 is 10.2 Å². The van der Waals surface area contributed by atoms with Crippen molar-refractivity contribution in [3.63, 3.8) is 0 Å². The highest BCUT2D eigenvalue weighted by Crippen LogP contribution is 2.38. The van der Waals surface area contributed by atoms with Gasteiger partial charge in [0.15, 0.2) is 0 Å². The van der Waals surface area contributed by atoms with Gasteiger partial charge in [-0.25, -0.2) is 0 Å². The molecule has 0 aliphatic rings. The van der Waals surface area contributed by atoms with Gasteiger partial charge in [0, 0.05) is 6.42 Å². The first-order chi connectivity index (χ1) is 23.5. The van der Waals surface area contributed by atoms with Gasteiger partial charge in [0.05, 0.1) is 39.9 Å². The van der Waals surface area contributed by atoms with E-state index in [2.05, 4.69) is 31.3 Å². The van der Waals surface area contributed by atoms with Crippen molar-refractivity contribution >= 4 is 13.7 Å². The third-order valence-corrected chi connectivity index (χ3v) is 9.87. The number of hydrogen-bond donors (Lipinski definition) is 2.